The lowest BCUT2D eigenvalue weighted by atomic mass is 10.1. The zero-order chi connectivity index (χ0) is 13.0. The van der Waals surface area contributed by atoms with E-state index in [1.807, 2.05) is 18.4 Å². The number of thiophene rings is 1. The molecule has 0 saturated carbocycles. The fourth-order valence-electron chi connectivity index (χ4n) is 2.42. The normalized spacial score (nSPS) is 21.1. The maximum absolute atomic E-state index is 11.1. The molecule has 0 radical (unpaired) electrons. The molecule has 0 aliphatic carbocycles. The second kappa shape index (κ2) is 6.31. The Labute approximate surface area is 111 Å². The average Bonchev–Trinajstić information content (AvgIpc) is 2.78. The van der Waals surface area contributed by atoms with Gasteiger partial charge < -0.3 is 9.84 Å². The predicted molar refractivity (Wildman–Crippen MR) is 71.2 cm³/mol. The van der Waals surface area contributed by atoms with Gasteiger partial charge in [-0.05, 0) is 43.3 Å². The molecule has 100 valence electrons. The van der Waals surface area contributed by atoms with Gasteiger partial charge in [0.15, 0.2) is 0 Å². The van der Waals surface area contributed by atoms with Crippen molar-refractivity contribution in [2.45, 2.75) is 32.4 Å². The molecule has 2 rings (SSSR count). The Balaban J connectivity index is 1.96. The Morgan fingerprint density at radius 1 is 1.67 bits per heavy atom. The van der Waals surface area contributed by atoms with E-state index in [9.17, 15) is 4.79 Å². The standard InChI is InChI=1S/C13H19NO3S/c1-2-17-11-4-3-6-14(9-11)8-10-5-7-18-12(10)13(15)16/h5,7,11H,2-4,6,8-9H2,1H3,(H,15,16). The smallest absolute Gasteiger partial charge is 0.346 e. The zero-order valence-corrected chi connectivity index (χ0v) is 11.4. The van der Waals surface area contributed by atoms with Gasteiger partial charge in [-0.15, -0.1) is 11.3 Å². The Bertz CT molecular complexity index is 403. The van der Waals surface area contributed by atoms with Gasteiger partial charge >= 0.3 is 5.97 Å². The number of aromatic carboxylic acids is 1. The molecule has 1 aliphatic rings. The van der Waals surface area contributed by atoms with E-state index in [1.54, 1.807) is 0 Å². The fourth-order valence-corrected chi connectivity index (χ4v) is 3.17. The quantitative estimate of drug-likeness (QED) is 0.892. The number of hydrogen-bond donors (Lipinski definition) is 1. The second-order valence-electron chi connectivity index (χ2n) is 4.53. The van der Waals surface area contributed by atoms with Crippen LogP contribution in [0.15, 0.2) is 11.4 Å². The van der Waals surface area contributed by atoms with E-state index >= 15 is 0 Å². The number of nitrogens with zero attached hydrogens (tertiary/aromatic N) is 1. The largest absolute Gasteiger partial charge is 0.477 e. The van der Waals surface area contributed by atoms with Gasteiger partial charge in [0.25, 0.3) is 0 Å². The maximum atomic E-state index is 11.1. The minimum atomic E-state index is -0.821. The highest BCUT2D eigenvalue weighted by Crippen LogP contribution is 2.21. The van der Waals surface area contributed by atoms with Crippen LogP contribution in [0.2, 0.25) is 0 Å². The van der Waals surface area contributed by atoms with Crippen LogP contribution in [-0.2, 0) is 11.3 Å². The summed E-state index contributed by atoms with van der Waals surface area (Å²) in [7, 11) is 0. The Hall–Kier alpha value is -0.910. The summed E-state index contributed by atoms with van der Waals surface area (Å²) < 4.78 is 5.65. The number of likely N-dealkylation sites (tertiary alicyclic amines) is 1. The molecule has 0 spiro atoms. The molecule has 1 N–H and O–H groups in total. The highest BCUT2D eigenvalue weighted by Gasteiger charge is 2.22. The molecule has 2 heterocycles. The van der Waals surface area contributed by atoms with E-state index in [0.717, 1.165) is 38.1 Å². The number of carboxylic acids is 1. The van der Waals surface area contributed by atoms with Crippen LogP contribution in [0.25, 0.3) is 0 Å². The van der Waals surface area contributed by atoms with Crippen molar-refractivity contribution in [2.75, 3.05) is 19.7 Å². The number of carbonyl (C=O) groups is 1. The third-order valence-electron chi connectivity index (χ3n) is 3.20. The summed E-state index contributed by atoms with van der Waals surface area (Å²) >= 11 is 1.30. The SMILES string of the molecule is CCOC1CCCN(Cc2ccsc2C(=O)O)C1. The molecule has 1 saturated heterocycles. The molecule has 0 aromatic carbocycles. The third-order valence-corrected chi connectivity index (χ3v) is 4.14. The summed E-state index contributed by atoms with van der Waals surface area (Å²) in [6, 6.07) is 1.92. The summed E-state index contributed by atoms with van der Waals surface area (Å²) in [4.78, 5) is 13.8. The Morgan fingerprint density at radius 2 is 2.50 bits per heavy atom. The molecule has 1 aromatic heterocycles. The van der Waals surface area contributed by atoms with Crippen molar-refractivity contribution in [3.8, 4) is 0 Å². The topological polar surface area (TPSA) is 49.8 Å². The zero-order valence-electron chi connectivity index (χ0n) is 10.6. The summed E-state index contributed by atoms with van der Waals surface area (Å²) in [5.74, 6) is -0.821. The van der Waals surface area contributed by atoms with Gasteiger partial charge in [-0.1, -0.05) is 0 Å². The van der Waals surface area contributed by atoms with Crippen LogP contribution < -0.4 is 0 Å². The summed E-state index contributed by atoms with van der Waals surface area (Å²) in [5.41, 5.74) is 0.921. The predicted octanol–water partition coefficient (Wildman–Crippen LogP) is 2.45. The number of rotatable bonds is 5. The summed E-state index contributed by atoms with van der Waals surface area (Å²) in [6.07, 6.45) is 2.53. The molecule has 18 heavy (non-hydrogen) atoms. The second-order valence-corrected chi connectivity index (χ2v) is 5.45. The van der Waals surface area contributed by atoms with Gasteiger partial charge in [-0.2, -0.15) is 0 Å². The lowest BCUT2D eigenvalue weighted by Crippen LogP contribution is -2.39. The van der Waals surface area contributed by atoms with Crippen molar-refractivity contribution in [1.29, 1.82) is 0 Å². The van der Waals surface area contributed by atoms with Crippen LogP contribution >= 0.6 is 11.3 Å². The molecular weight excluding hydrogens is 250 g/mol. The van der Waals surface area contributed by atoms with Gasteiger partial charge in [0, 0.05) is 19.7 Å². The van der Waals surface area contributed by atoms with Crippen LogP contribution in [0.1, 0.15) is 35.0 Å². The van der Waals surface area contributed by atoms with E-state index in [4.69, 9.17) is 9.84 Å². The number of ether oxygens (including phenoxy) is 1. The van der Waals surface area contributed by atoms with E-state index in [2.05, 4.69) is 4.90 Å². The first-order chi connectivity index (χ1) is 8.70. The Kier molecular flexibility index (Phi) is 4.74. The summed E-state index contributed by atoms with van der Waals surface area (Å²) in [6.45, 7) is 5.41. The molecule has 1 unspecified atom stereocenters. The van der Waals surface area contributed by atoms with Crippen molar-refractivity contribution in [2.24, 2.45) is 0 Å². The van der Waals surface area contributed by atoms with Crippen molar-refractivity contribution in [3.05, 3.63) is 21.9 Å². The minimum absolute atomic E-state index is 0.302. The van der Waals surface area contributed by atoms with Gasteiger partial charge in [0.1, 0.15) is 4.88 Å². The minimum Gasteiger partial charge on any atom is -0.477 e. The molecule has 1 atom stereocenters. The third kappa shape index (κ3) is 3.31. The van der Waals surface area contributed by atoms with Crippen molar-refractivity contribution in [1.82, 2.24) is 4.90 Å². The monoisotopic (exact) mass is 269 g/mol. The molecule has 0 bridgehead atoms. The fraction of sp³-hybridized carbons (Fsp3) is 0.615. The van der Waals surface area contributed by atoms with Crippen LogP contribution in [0.4, 0.5) is 0 Å². The number of piperidine rings is 1. The van der Waals surface area contributed by atoms with Crippen molar-refractivity contribution in [3.63, 3.8) is 0 Å². The van der Waals surface area contributed by atoms with E-state index in [0.29, 0.717) is 17.5 Å². The number of hydrogen-bond acceptors (Lipinski definition) is 4. The van der Waals surface area contributed by atoms with Gasteiger partial charge in [0.05, 0.1) is 6.10 Å². The van der Waals surface area contributed by atoms with Gasteiger partial charge in [-0.3, -0.25) is 4.90 Å². The van der Waals surface area contributed by atoms with E-state index in [-0.39, 0.29) is 0 Å². The molecule has 1 aromatic rings. The van der Waals surface area contributed by atoms with Crippen LogP contribution in [-0.4, -0.2) is 41.8 Å². The van der Waals surface area contributed by atoms with Crippen LogP contribution in [0.5, 0.6) is 0 Å². The first-order valence-corrected chi connectivity index (χ1v) is 7.22. The molecule has 1 fully saturated rings. The molecule has 0 amide bonds. The van der Waals surface area contributed by atoms with Crippen LogP contribution in [0, 0.1) is 0 Å². The van der Waals surface area contributed by atoms with Crippen LogP contribution in [0.3, 0.4) is 0 Å². The first-order valence-electron chi connectivity index (χ1n) is 6.34. The van der Waals surface area contributed by atoms with E-state index < -0.39 is 5.97 Å². The highest BCUT2D eigenvalue weighted by atomic mass is 32.1. The summed E-state index contributed by atoms with van der Waals surface area (Å²) in [5, 5.41) is 10.9. The highest BCUT2D eigenvalue weighted by molar-refractivity contribution is 7.12. The molecule has 1 aliphatic heterocycles. The Morgan fingerprint density at radius 3 is 3.22 bits per heavy atom. The lowest BCUT2D eigenvalue weighted by molar-refractivity contribution is 0.00360. The molecular formula is C13H19NO3S. The first kappa shape index (κ1) is 13.5. The molecule has 4 nitrogen and oxygen atoms in total. The molecule has 5 heteroatoms. The van der Waals surface area contributed by atoms with Crippen molar-refractivity contribution < 1.29 is 14.6 Å². The average molecular weight is 269 g/mol. The van der Waals surface area contributed by atoms with E-state index in [1.165, 1.54) is 11.3 Å². The van der Waals surface area contributed by atoms with Gasteiger partial charge in [-0.25, -0.2) is 4.79 Å². The maximum Gasteiger partial charge on any atom is 0.346 e. The lowest BCUT2D eigenvalue weighted by Gasteiger charge is -2.32. The van der Waals surface area contributed by atoms with Crippen molar-refractivity contribution >= 4 is 17.3 Å². The number of carboxylic acid groups (broad SMARTS) is 1. The van der Waals surface area contributed by atoms with Gasteiger partial charge in [0.2, 0.25) is 0 Å².